The Morgan fingerprint density at radius 2 is 1.86 bits per heavy atom. The van der Waals surface area contributed by atoms with Crippen molar-refractivity contribution in [2.24, 2.45) is 0 Å². The van der Waals surface area contributed by atoms with Crippen molar-refractivity contribution < 1.29 is 17.9 Å². The van der Waals surface area contributed by atoms with Crippen molar-refractivity contribution in [3.8, 4) is 0 Å². The quantitative estimate of drug-likeness (QED) is 0.698. The molecule has 1 heterocycles. The van der Waals surface area contributed by atoms with Crippen LogP contribution < -0.4 is 9.62 Å². The number of hydrogen-bond donors (Lipinski definition) is 1. The maximum atomic E-state index is 12.9. The molecule has 0 spiro atoms. The van der Waals surface area contributed by atoms with Crippen molar-refractivity contribution in [3.63, 3.8) is 0 Å². The minimum absolute atomic E-state index is 0.0236. The van der Waals surface area contributed by atoms with Crippen LogP contribution in [0.1, 0.15) is 12.0 Å². The number of anilines is 2. The number of nitrogens with zero attached hydrogens (tertiary/aromatic N) is 1. The number of fused-ring (bicyclic) bond motifs is 2. The maximum absolute atomic E-state index is 12.9. The van der Waals surface area contributed by atoms with Gasteiger partial charge in [-0.25, -0.2) is 8.42 Å². The Morgan fingerprint density at radius 3 is 2.66 bits per heavy atom. The van der Waals surface area contributed by atoms with Crippen LogP contribution in [0.5, 0.6) is 0 Å². The number of ether oxygens (including phenoxy) is 1. The average Bonchev–Trinajstić information content (AvgIpc) is 2.72. The molecule has 1 amide bonds. The standard InChI is InChI=1S/C22H22N2O4S/c1-28-15-22(25)24-12-4-7-18-13-19(9-11-21(18)24)23-29(26,27)20-10-8-16-5-2-3-6-17(16)14-20/h2-3,5-6,8-11,13-14,23H,4,7,12,15H2,1H3. The molecule has 0 unspecified atom stereocenters. The monoisotopic (exact) mass is 410 g/mol. The van der Waals surface area contributed by atoms with Gasteiger partial charge in [-0.15, -0.1) is 0 Å². The molecule has 1 aliphatic rings. The molecule has 1 aliphatic heterocycles. The molecule has 0 aromatic heterocycles. The molecule has 6 nitrogen and oxygen atoms in total. The van der Waals surface area contributed by atoms with E-state index in [1.807, 2.05) is 24.3 Å². The number of sulfonamides is 1. The Kier molecular flexibility index (Phi) is 5.25. The first kappa shape index (κ1) is 19.4. The Labute approximate surface area is 170 Å². The van der Waals surface area contributed by atoms with Gasteiger partial charge in [0, 0.05) is 25.0 Å². The van der Waals surface area contributed by atoms with Gasteiger partial charge in [-0.2, -0.15) is 0 Å². The Balaban J connectivity index is 1.61. The number of nitrogens with one attached hydrogen (secondary N) is 1. The normalized spacial score (nSPS) is 13.9. The Morgan fingerprint density at radius 1 is 1.07 bits per heavy atom. The van der Waals surface area contributed by atoms with E-state index in [1.165, 1.54) is 7.11 Å². The van der Waals surface area contributed by atoms with Crippen LogP contribution in [-0.4, -0.2) is 34.6 Å². The summed E-state index contributed by atoms with van der Waals surface area (Å²) in [4.78, 5) is 14.2. The summed E-state index contributed by atoms with van der Waals surface area (Å²) in [6, 6.07) is 18.0. The highest BCUT2D eigenvalue weighted by atomic mass is 32.2. The van der Waals surface area contributed by atoms with Gasteiger partial charge in [-0.05, 0) is 59.5 Å². The molecule has 3 aromatic carbocycles. The van der Waals surface area contributed by atoms with E-state index in [1.54, 1.807) is 41.3 Å². The van der Waals surface area contributed by atoms with E-state index in [0.717, 1.165) is 34.9 Å². The van der Waals surface area contributed by atoms with Gasteiger partial charge >= 0.3 is 0 Å². The Hall–Kier alpha value is -2.90. The number of benzene rings is 3. The molecule has 0 aliphatic carbocycles. The zero-order valence-corrected chi connectivity index (χ0v) is 16.9. The molecule has 0 atom stereocenters. The third-order valence-electron chi connectivity index (χ3n) is 5.05. The van der Waals surface area contributed by atoms with Crippen LogP contribution in [-0.2, 0) is 26.0 Å². The van der Waals surface area contributed by atoms with Gasteiger partial charge < -0.3 is 9.64 Å². The lowest BCUT2D eigenvalue weighted by Gasteiger charge is -2.29. The van der Waals surface area contributed by atoms with E-state index in [2.05, 4.69) is 4.72 Å². The molecule has 3 aromatic rings. The largest absolute Gasteiger partial charge is 0.375 e. The molecular formula is C22H22N2O4S. The van der Waals surface area contributed by atoms with Gasteiger partial charge in [0.2, 0.25) is 0 Å². The van der Waals surface area contributed by atoms with E-state index in [0.29, 0.717) is 12.2 Å². The maximum Gasteiger partial charge on any atom is 0.261 e. The zero-order chi connectivity index (χ0) is 20.4. The fourth-order valence-electron chi connectivity index (χ4n) is 3.67. The van der Waals surface area contributed by atoms with E-state index in [-0.39, 0.29) is 17.4 Å². The van der Waals surface area contributed by atoms with Crippen molar-refractivity contribution in [1.82, 2.24) is 0 Å². The summed E-state index contributed by atoms with van der Waals surface area (Å²) in [6.45, 7) is 0.660. The number of hydrogen-bond acceptors (Lipinski definition) is 4. The van der Waals surface area contributed by atoms with Crippen LogP contribution in [0.25, 0.3) is 10.8 Å². The molecule has 0 saturated heterocycles. The van der Waals surface area contributed by atoms with Gasteiger partial charge in [0.1, 0.15) is 6.61 Å². The lowest BCUT2D eigenvalue weighted by atomic mass is 10.0. The van der Waals surface area contributed by atoms with E-state index >= 15 is 0 Å². The van der Waals surface area contributed by atoms with Crippen molar-refractivity contribution >= 4 is 38.1 Å². The number of carbonyl (C=O) groups is 1. The first-order valence-corrected chi connectivity index (χ1v) is 10.9. The third-order valence-corrected chi connectivity index (χ3v) is 6.43. The smallest absolute Gasteiger partial charge is 0.261 e. The van der Waals surface area contributed by atoms with Gasteiger partial charge in [0.15, 0.2) is 0 Å². The minimum Gasteiger partial charge on any atom is -0.375 e. The molecule has 150 valence electrons. The molecule has 0 bridgehead atoms. The van der Waals surface area contributed by atoms with E-state index in [9.17, 15) is 13.2 Å². The topological polar surface area (TPSA) is 75.7 Å². The average molecular weight is 410 g/mol. The number of amides is 1. The number of carbonyl (C=O) groups excluding carboxylic acids is 1. The summed E-state index contributed by atoms with van der Waals surface area (Å²) in [5.74, 6) is -0.0991. The van der Waals surface area contributed by atoms with Gasteiger partial charge in [0.25, 0.3) is 15.9 Å². The summed E-state index contributed by atoms with van der Waals surface area (Å²) in [5.41, 5.74) is 2.24. The van der Waals surface area contributed by atoms with Crippen molar-refractivity contribution in [3.05, 3.63) is 66.2 Å². The lowest BCUT2D eigenvalue weighted by molar-refractivity contribution is -0.122. The Bertz CT molecular complexity index is 1170. The number of methoxy groups -OCH3 is 1. The molecule has 7 heteroatoms. The first-order valence-electron chi connectivity index (χ1n) is 9.42. The lowest BCUT2D eigenvalue weighted by Crippen LogP contribution is -2.37. The van der Waals surface area contributed by atoms with Gasteiger partial charge in [-0.3, -0.25) is 9.52 Å². The predicted octanol–water partition coefficient (Wildman–Crippen LogP) is 3.57. The van der Waals surface area contributed by atoms with Crippen LogP contribution in [0.3, 0.4) is 0 Å². The van der Waals surface area contributed by atoms with Gasteiger partial charge in [-0.1, -0.05) is 30.3 Å². The summed E-state index contributed by atoms with van der Waals surface area (Å²) in [6.07, 6.45) is 1.61. The third kappa shape index (κ3) is 3.97. The van der Waals surface area contributed by atoms with Gasteiger partial charge in [0.05, 0.1) is 4.90 Å². The fraction of sp³-hybridized carbons (Fsp3) is 0.227. The fourth-order valence-corrected chi connectivity index (χ4v) is 4.75. The van der Waals surface area contributed by atoms with Crippen molar-refractivity contribution in [1.29, 1.82) is 0 Å². The minimum atomic E-state index is -3.72. The molecule has 4 rings (SSSR count). The first-order chi connectivity index (χ1) is 14.0. The highest BCUT2D eigenvalue weighted by Gasteiger charge is 2.23. The molecule has 1 N–H and O–H groups in total. The molecular weight excluding hydrogens is 388 g/mol. The van der Waals surface area contributed by atoms with Crippen molar-refractivity contribution in [2.75, 3.05) is 29.9 Å². The van der Waals surface area contributed by atoms with E-state index in [4.69, 9.17) is 4.74 Å². The highest BCUT2D eigenvalue weighted by Crippen LogP contribution is 2.31. The summed E-state index contributed by atoms with van der Waals surface area (Å²) < 4.78 is 33.4. The van der Waals surface area contributed by atoms with Crippen LogP contribution in [0.15, 0.2) is 65.6 Å². The molecule has 29 heavy (non-hydrogen) atoms. The second-order valence-corrected chi connectivity index (χ2v) is 8.72. The second kappa shape index (κ2) is 7.85. The van der Waals surface area contributed by atoms with E-state index < -0.39 is 10.0 Å². The van der Waals surface area contributed by atoms with Crippen LogP contribution in [0.4, 0.5) is 11.4 Å². The highest BCUT2D eigenvalue weighted by molar-refractivity contribution is 7.92. The van der Waals surface area contributed by atoms with Crippen LogP contribution in [0, 0.1) is 0 Å². The molecule has 0 fully saturated rings. The predicted molar refractivity (Wildman–Crippen MR) is 114 cm³/mol. The SMILES string of the molecule is COCC(=O)N1CCCc2cc(NS(=O)(=O)c3ccc4ccccc4c3)ccc21. The number of rotatable bonds is 5. The second-order valence-electron chi connectivity index (χ2n) is 7.04. The zero-order valence-electron chi connectivity index (χ0n) is 16.1. The summed E-state index contributed by atoms with van der Waals surface area (Å²) in [7, 11) is -2.23. The molecule has 0 saturated carbocycles. The van der Waals surface area contributed by atoms with Crippen LogP contribution in [0.2, 0.25) is 0 Å². The number of aryl methyl sites for hydroxylation is 1. The molecule has 0 radical (unpaired) electrons. The summed E-state index contributed by atoms with van der Waals surface area (Å²) in [5, 5.41) is 1.86. The van der Waals surface area contributed by atoms with Crippen molar-refractivity contribution in [2.45, 2.75) is 17.7 Å². The van der Waals surface area contributed by atoms with Crippen LogP contribution >= 0.6 is 0 Å². The summed E-state index contributed by atoms with van der Waals surface area (Å²) >= 11 is 0.